The van der Waals surface area contributed by atoms with Gasteiger partial charge in [-0.1, -0.05) is 0 Å². The molecule has 22 heavy (non-hydrogen) atoms. The van der Waals surface area contributed by atoms with Crippen LogP contribution in [0.3, 0.4) is 0 Å². The summed E-state index contributed by atoms with van der Waals surface area (Å²) in [5.74, 6) is -1.01. The molecule has 114 valence electrons. The highest BCUT2D eigenvalue weighted by Gasteiger charge is 2.28. The maximum atomic E-state index is 12.7. The van der Waals surface area contributed by atoms with Crippen molar-refractivity contribution in [2.75, 3.05) is 14.2 Å². The first kappa shape index (κ1) is 14.9. The van der Waals surface area contributed by atoms with Crippen LogP contribution in [0.25, 0.3) is 0 Å². The number of thiophene rings is 2. The smallest absolute Gasteiger partial charge is 0.348 e. The maximum absolute atomic E-state index is 12.7. The van der Waals surface area contributed by atoms with Gasteiger partial charge in [-0.25, -0.2) is 9.59 Å². The third kappa shape index (κ3) is 2.36. The van der Waals surface area contributed by atoms with Crippen LogP contribution in [0.5, 0.6) is 0 Å². The Morgan fingerprint density at radius 2 is 1.32 bits per heavy atom. The molecule has 0 saturated carbocycles. The summed E-state index contributed by atoms with van der Waals surface area (Å²) in [7, 11) is 2.63. The Kier molecular flexibility index (Phi) is 3.84. The first-order valence-corrected chi connectivity index (χ1v) is 8.15. The van der Waals surface area contributed by atoms with E-state index < -0.39 is 11.9 Å². The number of hydrogen-bond donors (Lipinski definition) is 0. The van der Waals surface area contributed by atoms with Crippen LogP contribution in [0.1, 0.15) is 45.0 Å². The number of ether oxygens (including phenoxy) is 2. The first-order valence-electron chi connectivity index (χ1n) is 6.52. The highest BCUT2D eigenvalue weighted by atomic mass is 32.1. The van der Waals surface area contributed by atoms with Gasteiger partial charge in [-0.15, -0.1) is 22.7 Å². The lowest BCUT2D eigenvalue weighted by molar-refractivity contribution is 0.0597. The van der Waals surface area contributed by atoms with E-state index in [2.05, 4.69) is 0 Å². The molecule has 5 nitrogen and oxygen atoms in total. The Balaban J connectivity index is 2.03. The highest BCUT2D eigenvalue weighted by molar-refractivity contribution is 7.19. The predicted molar refractivity (Wildman–Crippen MR) is 82.2 cm³/mol. The lowest BCUT2D eigenvalue weighted by atomic mass is 10.1. The predicted octanol–water partition coefficient (Wildman–Crippen LogP) is 2.71. The minimum atomic E-state index is -0.437. The fraction of sp³-hybridized carbons (Fsp3) is 0.267. The fourth-order valence-corrected chi connectivity index (χ4v) is 4.60. The summed E-state index contributed by atoms with van der Waals surface area (Å²) in [6, 6.07) is 3.45. The van der Waals surface area contributed by atoms with Crippen LogP contribution in [0.15, 0.2) is 12.1 Å². The normalized spacial score (nSPS) is 13.1. The average Bonchev–Trinajstić information content (AvgIpc) is 3.12. The molecule has 0 aromatic carbocycles. The molecule has 0 fully saturated rings. The van der Waals surface area contributed by atoms with E-state index in [-0.39, 0.29) is 5.78 Å². The number of methoxy groups -OCH3 is 2. The van der Waals surface area contributed by atoms with Crippen molar-refractivity contribution in [3.05, 3.63) is 42.8 Å². The maximum Gasteiger partial charge on any atom is 0.348 e. The van der Waals surface area contributed by atoms with Crippen molar-refractivity contribution in [3.8, 4) is 0 Å². The van der Waals surface area contributed by atoms with Gasteiger partial charge in [0.15, 0.2) is 0 Å². The third-order valence-corrected chi connectivity index (χ3v) is 5.78. The molecule has 7 heteroatoms. The van der Waals surface area contributed by atoms with Crippen molar-refractivity contribution >= 4 is 40.4 Å². The number of fused-ring (bicyclic) bond motifs is 2. The van der Waals surface area contributed by atoms with Crippen molar-refractivity contribution in [1.29, 1.82) is 0 Å². The Bertz CT molecular complexity index is 720. The molecule has 0 saturated heterocycles. The SMILES string of the molecule is COC(=O)c1cc2c(s1)C(=O)c1sc(C(=O)OC)cc1CC2. The Morgan fingerprint density at radius 1 is 0.909 bits per heavy atom. The van der Waals surface area contributed by atoms with Gasteiger partial charge >= 0.3 is 11.9 Å². The van der Waals surface area contributed by atoms with E-state index in [1.54, 1.807) is 12.1 Å². The van der Waals surface area contributed by atoms with Crippen LogP contribution >= 0.6 is 22.7 Å². The lowest BCUT2D eigenvalue weighted by Gasteiger charge is -1.96. The summed E-state index contributed by atoms with van der Waals surface area (Å²) >= 11 is 2.29. The second kappa shape index (κ2) is 5.66. The number of aryl methyl sites for hydroxylation is 2. The summed E-state index contributed by atoms with van der Waals surface area (Å²) < 4.78 is 9.40. The monoisotopic (exact) mass is 336 g/mol. The van der Waals surface area contributed by atoms with Crippen LogP contribution in [0.2, 0.25) is 0 Å². The zero-order chi connectivity index (χ0) is 15.9. The van der Waals surface area contributed by atoms with Gasteiger partial charge in [-0.2, -0.15) is 0 Å². The van der Waals surface area contributed by atoms with E-state index in [0.717, 1.165) is 33.8 Å². The van der Waals surface area contributed by atoms with Crippen molar-refractivity contribution in [2.45, 2.75) is 12.8 Å². The van der Waals surface area contributed by atoms with Crippen molar-refractivity contribution < 1.29 is 23.9 Å². The number of rotatable bonds is 2. The van der Waals surface area contributed by atoms with Crippen LogP contribution in [0.4, 0.5) is 0 Å². The van der Waals surface area contributed by atoms with Gasteiger partial charge in [0.25, 0.3) is 0 Å². The number of carbonyl (C=O) groups is 3. The molecule has 0 bridgehead atoms. The van der Waals surface area contributed by atoms with Crippen molar-refractivity contribution in [1.82, 2.24) is 0 Å². The van der Waals surface area contributed by atoms with Gasteiger partial charge in [0.2, 0.25) is 5.78 Å². The van der Waals surface area contributed by atoms with Gasteiger partial charge in [0, 0.05) is 0 Å². The van der Waals surface area contributed by atoms with Crippen LogP contribution < -0.4 is 0 Å². The molecule has 0 N–H and O–H groups in total. The van der Waals surface area contributed by atoms with Crippen LogP contribution in [-0.4, -0.2) is 31.9 Å². The molecule has 0 unspecified atom stereocenters. The highest BCUT2D eigenvalue weighted by Crippen LogP contribution is 2.35. The van der Waals surface area contributed by atoms with Gasteiger partial charge < -0.3 is 9.47 Å². The molecule has 3 rings (SSSR count). The van der Waals surface area contributed by atoms with Crippen molar-refractivity contribution in [2.24, 2.45) is 0 Å². The fourth-order valence-electron chi connectivity index (χ4n) is 2.39. The molecule has 2 aromatic rings. The number of esters is 2. The Morgan fingerprint density at radius 3 is 1.68 bits per heavy atom. The molecule has 0 spiro atoms. The Labute approximate surface area is 134 Å². The van der Waals surface area contributed by atoms with E-state index in [9.17, 15) is 14.4 Å². The van der Waals surface area contributed by atoms with Gasteiger partial charge in [-0.05, 0) is 36.1 Å². The second-order valence-corrected chi connectivity index (χ2v) is 6.85. The molecule has 0 radical (unpaired) electrons. The summed E-state index contributed by atoms with van der Waals surface area (Å²) in [4.78, 5) is 37.9. The molecule has 0 aliphatic heterocycles. The summed E-state index contributed by atoms with van der Waals surface area (Å²) in [5.41, 5.74) is 1.72. The van der Waals surface area contributed by atoms with Gasteiger partial charge in [0.05, 0.1) is 24.0 Å². The van der Waals surface area contributed by atoms with E-state index in [1.165, 1.54) is 14.2 Å². The average molecular weight is 336 g/mol. The molecular formula is C15H12O5S2. The number of ketones is 1. The molecule has 0 amide bonds. The van der Waals surface area contributed by atoms with E-state index in [1.807, 2.05) is 0 Å². The second-order valence-electron chi connectivity index (χ2n) is 4.74. The summed E-state index contributed by atoms with van der Waals surface area (Å²) in [6.45, 7) is 0. The third-order valence-electron chi connectivity index (χ3n) is 3.47. The number of hydrogen-bond acceptors (Lipinski definition) is 7. The zero-order valence-corrected chi connectivity index (χ0v) is 13.6. The number of carbonyl (C=O) groups excluding carboxylic acids is 3. The van der Waals surface area contributed by atoms with Gasteiger partial charge in [0.1, 0.15) is 9.75 Å². The molecule has 1 aliphatic carbocycles. The topological polar surface area (TPSA) is 69.7 Å². The first-order chi connectivity index (χ1) is 10.5. The zero-order valence-electron chi connectivity index (χ0n) is 11.9. The molecular weight excluding hydrogens is 324 g/mol. The molecule has 1 aliphatic rings. The van der Waals surface area contributed by atoms with E-state index in [4.69, 9.17) is 9.47 Å². The quantitative estimate of drug-likeness (QED) is 0.789. The minimum Gasteiger partial charge on any atom is -0.465 e. The van der Waals surface area contributed by atoms with Crippen molar-refractivity contribution in [3.63, 3.8) is 0 Å². The minimum absolute atomic E-state index is 0.136. The standard InChI is InChI=1S/C15H12O5S2/c1-19-14(17)9-5-7-3-4-8-6-10(15(18)20-2)22-13(8)11(16)12(7)21-9/h5-6H,3-4H2,1-2H3. The lowest BCUT2D eigenvalue weighted by Crippen LogP contribution is -1.99. The van der Waals surface area contributed by atoms with Crippen LogP contribution in [0, 0.1) is 0 Å². The largest absolute Gasteiger partial charge is 0.465 e. The summed E-state index contributed by atoms with van der Waals surface area (Å²) in [6.07, 6.45) is 1.30. The Hall–Kier alpha value is -1.99. The van der Waals surface area contributed by atoms with Crippen LogP contribution in [-0.2, 0) is 22.3 Å². The van der Waals surface area contributed by atoms with Gasteiger partial charge in [-0.3, -0.25) is 4.79 Å². The summed E-state index contributed by atoms with van der Waals surface area (Å²) in [5, 5.41) is 0. The van der Waals surface area contributed by atoms with E-state index in [0.29, 0.717) is 32.4 Å². The molecule has 2 heterocycles. The van der Waals surface area contributed by atoms with E-state index >= 15 is 0 Å². The molecule has 0 atom stereocenters. The molecule has 2 aromatic heterocycles.